The van der Waals surface area contributed by atoms with E-state index in [0.29, 0.717) is 33.6 Å². The molecule has 2 amide bonds. The van der Waals surface area contributed by atoms with Crippen LogP contribution in [0.5, 0.6) is 17.2 Å². The predicted octanol–water partition coefficient (Wildman–Crippen LogP) is 4.68. The number of ether oxygens (including phenoxy) is 2. The maximum absolute atomic E-state index is 12.1. The number of aromatic nitrogens is 1. The number of hydrogen-bond donors (Lipinski definition) is 3. The molecule has 3 rings (SSSR count). The maximum atomic E-state index is 12.1. The van der Waals surface area contributed by atoms with Crippen molar-refractivity contribution in [3.8, 4) is 17.2 Å². The van der Waals surface area contributed by atoms with Gasteiger partial charge in [0.2, 0.25) is 0 Å². The number of hydrazine groups is 1. The molecule has 0 fully saturated rings. The van der Waals surface area contributed by atoms with Crippen molar-refractivity contribution in [2.24, 2.45) is 0 Å². The van der Waals surface area contributed by atoms with Gasteiger partial charge >= 0.3 is 6.03 Å². The molecule has 138 valence electrons. The molecule has 0 unspecified atom stereocenters. The van der Waals surface area contributed by atoms with E-state index in [1.54, 1.807) is 60.9 Å². The molecule has 0 atom stereocenters. The summed E-state index contributed by atoms with van der Waals surface area (Å²) in [5, 5.41) is 3.15. The van der Waals surface area contributed by atoms with E-state index >= 15 is 0 Å². The van der Waals surface area contributed by atoms with Crippen molar-refractivity contribution in [3.05, 3.63) is 72.0 Å². The molecule has 27 heavy (non-hydrogen) atoms. The van der Waals surface area contributed by atoms with Crippen LogP contribution in [0.2, 0.25) is 5.02 Å². The Kier molecular flexibility index (Phi) is 5.96. The Hall–Kier alpha value is -3.45. The Morgan fingerprint density at radius 3 is 2.63 bits per heavy atom. The smallest absolute Gasteiger partial charge is 0.337 e. The number of amides is 2. The lowest BCUT2D eigenvalue weighted by molar-refractivity contribution is 0.253. The van der Waals surface area contributed by atoms with Crippen LogP contribution in [0.1, 0.15) is 0 Å². The number of methoxy groups -OCH3 is 1. The van der Waals surface area contributed by atoms with E-state index in [4.69, 9.17) is 21.1 Å². The second-order valence-corrected chi connectivity index (χ2v) is 5.80. The third kappa shape index (κ3) is 5.26. The molecule has 0 saturated heterocycles. The van der Waals surface area contributed by atoms with E-state index in [1.807, 2.05) is 6.07 Å². The van der Waals surface area contributed by atoms with E-state index in [9.17, 15) is 4.79 Å². The van der Waals surface area contributed by atoms with Crippen LogP contribution in [-0.4, -0.2) is 18.1 Å². The largest absolute Gasteiger partial charge is 0.495 e. The zero-order chi connectivity index (χ0) is 19.1. The van der Waals surface area contributed by atoms with Crippen molar-refractivity contribution in [3.63, 3.8) is 0 Å². The van der Waals surface area contributed by atoms with E-state index in [2.05, 4.69) is 21.2 Å². The standard InChI is InChI=1S/C19H17ClN4O3/c1-26-18-6-5-13(20)11-17(18)22-19(25)24-23-14-3-2-4-16(12-14)27-15-7-9-21-10-8-15/h2-12,23H,1H3,(H2,22,24,25). The molecule has 2 aromatic carbocycles. The van der Waals surface area contributed by atoms with Gasteiger partial charge in [-0.3, -0.25) is 15.8 Å². The number of hydrogen-bond acceptors (Lipinski definition) is 5. The quantitative estimate of drug-likeness (QED) is 0.537. The number of carbonyl (C=O) groups excluding carboxylic acids is 1. The zero-order valence-corrected chi connectivity index (χ0v) is 15.2. The van der Waals surface area contributed by atoms with Gasteiger partial charge in [0.15, 0.2) is 0 Å². The first kappa shape index (κ1) is 18.3. The summed E-state index contributed by atoms with van der Waals surface area (Å²) in [4.78, 5) is 16.1. The molecule has 1 aromatic heterocycles. The summed E-state index contributed by atoms with van der Waals surface area (Å²) in [5.41, 5.74) is 6.47. The molecule has 0 bridgehead atoms. The normalized spacial score (nSPS) is 10.0. The lowest BCUT2D eigenvalue weighted by Crippen LogP contribution is -2.33. The summed E-state index contributed by atoms with van der Waals surface area (Å²) < 4.78 is 10.9. The van der Waals surface area contributed by atoms with Crippen LogP contribution in [0.4, 0.5) is 16.2 Å². The van der Waals surface area contributed by atoms with Crippen LogP contribution in [-0.2, 0) is 0 Å². The predicted molar refractivity (Wildman–Crippen MR) is 105 cm³/mol. The first-order valence-electron chi connectivity index (χ1n) is 7.98. The van der Waals surface area contributed by atoms with Crippen molar-refractivity contribution in [1.29, 1.82) is 0 Å². The highest BCUT2D eigenvalue weighted by Gasteiger charge is 2.08. The number of nitrogens with one attached hydrogen (secondary N) is 3. The minimum absolute atomic E-state index is 0.457. The number of carbonyl (C=O) groups is 1. The van der Waals surface area contributed by atoms with Crippen LogP contribution in [0.3, 0.4) is 0 Å². The number of halogens is 1. The molecular weight excluding hydrogens is 368 g/mol. The van der Waals surface area contributed by atoms with Gasteiger partial charge < -0.3 is 14.8 Å². The van der Waals surface area contributed by atoms with Gasteiger partial charge in [-0.05, 0) is 42.5 Å². The van der Waals surface area contributed by atoms with E-state index < -0.39 is 6.03 Å². The fourth-order valence-electron chi connectivity index (χ4n) is 2.24. The van der Waals surface area contributed by atoms with Crippen molar-refractivity contribution in [2.45, 2.75) is 0 Å². The zero-order valence-electron chi connectivity index (χ0n) is 14.4. The Morgan fingerprint density at radius 1 is 1.04 bits per heavy atom. The SMILES string of the molecule is COc1ccc(Cl)cc1NC(=O)NNc1cccc(Oc2ccncc2)c1. The lowest BCUT2D eigenvalue weighted by Gasteiger charge is -2.13. The van der Waals surface area contributed by atoms with Crippen LogP contribution >= 0.6 is 11.6 Å². The number of rotatable bonds is 6. The first-order valence-corrected chi connectivity index (χ1v) is 8.36. The minimum atomic E-state index is -0.476. The first-order chi connectivity index (χ1) is 13.1. The molecule has 7 nitrogen and oxygen atoms in total. The second-order valence-electron chi connectivity index (χ2n) is 5.36. The Morgan fingerprint density at radius 2 is 1.85 bits per heavy atom. The molecule has 3 aromatic rings. The van der Waals surface area contributed by atoms with Crippen LogP contribution < -0.4 is 25.6 Å². The van der Waals surface area contributed by atoms with Gasteiger partial charge in [0.25, 0.3) is 0 Å². The molecule has 0 aliphatic carbocycles. The lowest BCUT2D eigenvalue weighted by atomic mass is 10.3. The third-order valence-electron chi connectivity index (χ3n) is 3.45. The average molecular weight is 385 g/mol. The van der Waals surface area contributed by atoms with Gasteiger partial charge in [0.05, 0.1) is 18.5 Å². The summed E-state index contributed by atoms with van der Waals surface area (Å²) in [5.74, 6) is 1.79. The van der Waals surface area contributed by atoms with Gasteiger partial charge in [0, 0.05) is 23.5 Å². The van der Waals surface area contributed by atoms with E-state index in [1.165, 1.54) is 7.11 Å². The van der Waals surface area contributed by atoms with Gasteiger partial charge in [-0.25, -0.2) is 4.79 Å². The van der Waals surface area contributed by atoms with Gasteiger partial charge in [-0.15, -0.1) is 0 Å². The summed E-state index contributed by atoms with van der Waals surface area (Å²) in [7, 11) is 1.51. The number of pyridine rings is 1. The van der Waals surface area contributed by atoms with Gasteiger partial charge in [0.1, 0.15) is 17.2 Å². The average Bonchev–Trinajstić information content (AvgIpc) is 2.68. The number of benzene rings is 2. The minimum Gasteiger partial charge on any atom is -0.495 e. The van der Waals surface area contributed by atoms with Crippen LogP contribution in [0.25, 0.3) is 0 Å². The summed E-state index contributed by atoms with van der Waals surface area (Å²) >= 11 is 5.95. The molecule has 3 N–H and O–H groups in total. The monoisotopic (exact) mass is 384 g/mol. The highest BCUT2D eigenvalue weighted by molar-refractivity contribution is 6.31. The molecule has 0 saturated carbocycles. The molecule has 8 heteroatoms. The summed E-state index contributed by atoms with van der Waals surface area (Å²) in [6.45, 7) is 0. The van der Waals surface area contributed by atoms with Gasteiger partial charge in [-0.1, -0.05) is 17.7 Å². The molecule has 0 spiro atoms. The van der Waals surface area contributed by atoms with Crippen molar-refractivity contribution < 1.29 is 14.3 Å². The number of anilines is 2. The Balaban J connectivity index is 1.59. The fraction of sp³-hybridized carbons (Fsp3) is 0.0526. The summed E-state index contributed by atoms with van der Waals surface area (Å²) in [6.07, 6.45) is 3.29. The molecule has 0 radical (unpaired) electrons. The van der Waals surface area contributed by atoms with E-state index in [-0.39, 0.29) is 0 Å². The number of urea groups is 1. The Labute approximate surface area is 161 Å². The molecule has 0 aliphatic rings. The van der Waals surface area contributed by atoms with E-state index in [0.717, 1.165) is 0 Å². The maximum Gasteiger partial charge on any atom is 0.337 e. The fourth-order valence-corrected chi connectivity index (χ4v) is 2.41. The van der Waals surface area contributed by atoms with Crippen molar-refractivity contribution >= 4 is 29.0 Å². The van der Waals surface area contributed by atoms with Crippen LogP contribution in [0, 0.1) is 0 Å². The molecule has 1 heterocycles. The third-order valence-corrected chi connectivity index (χ3v) is 3.68. The number of nitrogens with zero attached hydrogens (tertiary/aromatic N) is 1. The van der Waals surface area contributed by atoms with Crippen LogP contribution in [0.15, 0.2) is 67.0 Å². The Bertz CT molecular complexity index is 922. The highest BCUT2D eigenvalue weighted by Crippen LogP contribution is 2.27. The molecular formula is C19H17ClN4O3. The van der Waals surface area contributed by atoms with Crippen molar-refractivity contribution in [2.75, 3.05) is 17.9 Å². The molecule has 0 aliphatic heterocycles. The topological polar surface area (TPSA) is 84.5 Å². The second kappa shape index (κ2) is 8.77. The summed E-state index contributed by atoms with van der Waals surface area (Å²) in [6, 6.07) is 15.1. The van der Waals surface area contributed by atoms with Gasteiger partial charge in [-0.2, -0.15) is 0 Å². The van der Waals surface area contributed by atoms with Crippen molar-refractivity contribution in [1.82, 2.24) is 10.4 Å². The highest BCUT2D eigenvalue weighted by atomic mass is 35.5.